The van der Waals surface area contributed by atoms with Crippen LogP contribution in [0.2, 0.25) is 0 Å². The Morgan fingerprint density at radius 1 is 1.28 bits per heavy atom. The van der Waals surface area contributed by atoms with Gasteiger partial charge in [0, 0.05) is 31.1 Å². The Hall–Kier alpha value is -1.00. The van der Waals surface area contributed by atoms with E-state index in [-0.39, 0.29) is 5.91 Å². The summed E-state index contributed by atoms with van der Waals surface area (Å²) in [5.41, 5.74) is 1.11. The number of carbonyl (C=O) groups excluding carboxylic acids is 1. The fraction of sp³-hybridized carbons (Fsp3) is 0.500. The number of nitrogens with one attached hydrogen (secondary N) is 1. The molecule has 0 unspecified atom stereocenters. The molecule has 1 aromatic rings. The van der Waals surface area contributed by atoms with Crippen molar-refractivity contribution in [1.82, 2.24) is 10.2 Å². The summed E-state index contributed by atoms with van der Waals surface area (Å²) >= 11 is 1.83. The normalized spacial score (nSPS) is 15.7. The van der Waals surface area contributed by atoms with Crippen LogP contribution in [0.15, 0.2) is 29.2 Å². The van der Waals surface area contributed by atoms with Crippen LogP contribution in [-0.2, 0) is 11.2 Å². The molecule has 1 saturated heterocycles. The summed E-state index contributed by atoms with van der Waals surface area (Å²) in [6, 6.07) is 8.35. The third-order valence-corrected chi connectivity index (χ3v) is 3.95. The molecule has 18 heavy (non-hydrogen) atoms. The van der Waals surface area contributed by atoms with Crippen molar-refractivity contribution in [2.75, 3.05) is 31.9 Å². The summed E-state index contributed by atoms with van der Waals surface area (Å²) < 4.78 is 0. The van der Waals surface area contributed by atoms with Gasteiger partial charge in [-0.05, 0) is 23.4 Å². The molecule has 1 heterocycles. The number of carbonyl (C=O) groups is 1. The minimum atomic E-state index is 0.243. The zero-order chi connectivity index (χ0) is 12.8. The number of thioether (sulfide) groups is 1. The van der Waals surface area contributed by atoms with Crippen molar-refractivity contribution in [3.8, 4) is 0 Å². The Balaban J connectivity index is 1.89. The molecule has 1 amide bonds. The number of amides is 1. The van der Waals surface area contributed by atoms with Crippen molar-refractivity contribution in [2.24, 2.45) is 0 Å². The highest BCUT2D eigenvalue weighted by Gasteiger charge is 2.16. The Morgan fingerprint density at radius 3 is 2.56 bits per heavy atom. The van der Waals surface area contributed by atoms with Gasteiger partial charge in [-0.2, -0.15) is 0 Å². The van der Waals surface area contributed by atoms with Crippen molar-refractivity contribution >= 4 is 17.7 Å². The lowest BCUT2D eigenvalue weighted by Crippen LogP contribution is -2.46. The zero-order valence-corrected chi connectivity index (χ0v) is 11.6. The molecule has 0 aromatic heterocycles. The number of piperazine rings is 1. The number of hydrogen-bond donors (Lipinski definition) is 1. The van der Waals surface area contributed by atoms with Gasteiger partial charge in [0.15, 0.2) is 0 Å². The van der Waals surface area contributed by atoms with Gasteiger partial charge in [-0.25, -0.2) is 0 Å². The number of nitrogens with zero attached hydrogens (tertiary/aromatic N) is 1. The first kappa shape index (κ1) is 13.4. The van der Waals surface area contributed by atoms with Gasteiger partial charge in [-0.1, -0.05) is 19.1 Å². The minimum absolute atomic E-state index is 0.243. The van der Waals surface area contributed by atoms with Crippen LogP contribution in [0.4, 0.5) is 0 Å². The second kappa shape index (κ2) is 6.81. The van der Waals surface area contributed by atoms with Gasteiger partial charge in [0.1, 0.15) is 0 Å². The highest BCUT2D eigenvalue weighted by Crippen LogP contribution is 2.18. The second-order valence-electron chi connectivity index (χ2n) is 4.38. The summed E-state index contributed by atoms with van der Waals surface area (Å²) in [4.78, 5) is 15.3. The summed E-state index contributed by atoms with van der Waals surface area (Å²) in [7, 11) is 0. The van der Waals surface area contributed by atoms with Crippen molar-refractivity contribution in [3.05, 3.63) is 29.8 Å². The van der Waals surface area contributed by atoms with Gasteiger partial charge in [-0.15, -0.1) is 11.8 Å². The lowest BCUT2D eigenvalue weighted by atomic mass is 10.1. The van der Waals surface area contributed by atoms with Gasteiger partial charge in [0.25, 0.3) is 0 Å². The smallest absolute Gasteiger partial charge is 0.227 e. The molecule has 0 spiro atoms. The Labute approximate surface area is 113 Å². The molecule has 0 radical (unpaired) electrons. The standard InChI is InChI=1S/C14H20N2OS/c1-2-18-13-5-3-12(4-6-13)11-14(17)16-9-7-15-8-10-16/h3-6,15H,2,7-11H2,1H3. The first-order chi connectivity index (χ1) is 8.79. The number of hydrogen-bond acceptors (Lipinski definition) is 3. The van der Waals surface area contributed by atoms with E-state index in [1.54, 1.807) is 0 Å². The summed E-state index contributed by atoms with van der Waals surface area (Å²) in [6.07, 6.45) is 0.525. The maximum Gasteiger partial charge on any atom is 0.227 e. The summed E-state index contributed by atoms with van der Waals surface area (Å²) in [6.45, 7) is 5.65. The molecular formula is C14H20N2OS. The minimum Gasteiger partial charge on any atom is -0.340 e. The SMILES string of the molecule is CCSc1ccc(CC(=O)N2CCNCC2)cc1. The predicted octanol–water partition coefficient (Wildman–Crippen LogP) is 1.77. The molecule has 4 heteroatoms. The van der Waals surface area contributed by atoms with E-state index in [2.05, 4.69) is 36.5 Å². The average molecular weight is 264 g/mol. The fourth-order valence-electron chi connectivity index (χ4n) is 2.07. The Morgan fingerprint density at radius 2 is 1.94 bits per heavy atom. The van der Waals surface area contributed by atoms with E-state index in [4.69, 9.17) is 0 Å². The van der Waals surface area contributed by atoms with E-state index in [1.807, 2.05) is 16.7 Å². The highest BCUT2D eigenvalue weighted by molar-refractivity contribution is 7.99. The molecule has 0 aliphatic carbocycles. The van der Waals surface area contributed by atoms with E-state index in [1.165, 1.54) is 4.90 Å². The van der Waals surface area contributed by atoms with Gasteiger partial charge in [0.2, 0.25) is 5.91 Å². The van der Waals surface area contributed by atoms with Crippen LogP contribution < -0.4 is 5.32 Å². The molecule has 1 fully saturated rings. The molecule has 2 rings (SSSR count). The van der Waals surface area contributed by atoms with Crippen LogP contribution in [0.5, 0.6) is 0 Å². The van der Waals surface area contributed by atoms with Gasteiger partial charge >= 0.3 is 0 Å². The maximum absolute atomic E-state index is 12.1. The van der Waals surface area contributed by atoms with Crippen LogP contribution in [0.25, 0.3) is 0 Å². The number of rotatable bonds is 4. The molecular weight excluding hydrogens is 244 g/mol. The third kappa shape index (κ3) is 3.75. The number of benzene rings is 1. The van der Waals surface area contributed by atoms with Crippen molar-refractivity contribution in [1.29, 1.82) is 0 Å². The molecule has 3 nitrogen and oxygen atoms in total. The maximum atomic E-state index is 12.1. The van der Waals surface area contributed by atoms with E-state index in [0.717, 1.165) is 37.5 Å². The fourth-order valence-corrected chi connectivity index (χ4v) is 2.73. The molecule has 0 bridgehead atoms. The first-order valence-electron chi connectivity index (χ1n) is 6.50. The van der Waals surface area contributed by atoms with Crippen molar-refractivity contribution in [3.63, 3.8) is 0 Å². The average Bonchev–Trinajstić information content (AvgIpc) is 2.42. The first-order valence-corrected chi connectivity index (χ1v) is 7.48. The van der Waals surface area contributed by atoms with Crippen LogP contribution in [0.3, 0.4) is 0 Å². The van der Waals surface area contributed by atoms with Gasteiger partial charge < -0.3 is 10.2 Å². The second-order valence-corrected chi connectivity index (χ2v) is 5.72. The Kier molecular flexibility index (Phi) is 5.08. The molecule has 0 atom stereocenters. The largest absolute Gasteiger partial charge is 0.340 e. The molecule has 0 saturated carbocycles. The van der Waals surface area contributed by atoms with E-state index < -0.39 is 0 Å². The molecule has 1 aliphatic heterocycles. The van der Waals surface area contributed by atoms with Crippen LogP contribution >= 0.6 is 11.8 Å². The molecule has 98 valence electrons. The van der Waals surface area contributed by atoms with Crippen molar-refractivity contribution < 1.29 is 4.79 Å². The van der Waals surface area contributed by atoms with Crippen LogP contribution in [-0.4, -0.2) is 42.7 Å². The molecule has 1 aromatic carbocycles. The topological polar surface area (TPSA) is 32.3 Å². The predicted molar refractivity (Wildman–Crippen MR) is 76.0 cm³/mol. The van der Waals surface area contributed by atoms with Gasteiger partial charge in [0.05, 0.1) is 6.42 Å². The lowest BCUT2D eigenvalue weighted by molar-refractivity contribution is -0.131. The third-order valence-electron chi connectivity index (χ3n) is 3.06. The highest BCUT2D eigenvalue weighted by atomic mass is 32.2. The molecule has 1 aliphatic rings. The monoisotopic (exact) mass is 264 g/mol. The quantitative estimate of drug-likeness (QED) is 0.841. The van der Waals surface area contributed by atoms with Gasteiger partial charge in [-0.3, -0.25) is 4.79 Å². The van der Waals surface area contributed by atoms with E-state index in [0.29, 0.717) is 6.42 Å². The van der Waals surface area contributed by atoms with Crippen LogP contribution in [0, 0.1) is 0 Å². The van der Waals surface area contributed by atoms with E-state index >= 15 is 0 Å². The Bertz CT molecular complexity index is 385. The summed E-state index contributed by atoms with van der Waals surface area (Å²) in [5, 5.41) is 3.26. The van der Waals surface area contributed by atoms with Crippen molar-refractivity contribution in [2.45, 2.75) is 18.2 Å². The lowest BCUT2D eigenvalue weighted by Gasteiger charge is -2.27. The summed E-state index contributed by atoms with van der Waals surface area (Å²) in [5.74, 6) is 1.33. The zero-order valence-electron chi connectivity index (χ0n) is 10.8. The van der Waals surface area contributed by atoms with Crippen LogP contribution in [0.1, 0.15) is 12.5 Å². The van der Waals surface area contributed by atoms with E-state index in [9.17, 15) is 4.79 Å². The molecule has 1 N–H and O–H groups in total.